The fraction of sp³-hybridized carbons (Fsp3) is 0.538. The van der Waals surface area contributed by atoms with Crippen molar-refractivity contribution < 1.29 is 14.3 Å². The number of fused-ring (bicyclic) bond motifs is 1. The number of nitrogens with zero attached hydrogens (tertiary/aromatic N) is 3. The Bertz CT molecular complexity index is 822. The van der Waals surface area contributed by atoms with Gasteiger partial charge in [-0.25, -0.2) is 9.78 Å². The third-order valence-corrected chi connectivity index (χ3v) is 4.13. The monoisotopic (exact) mass is 342 g/mol. The number of esters is 1. The van der Waals surface area contributed by atoms with Crippen LogP contribution < -0.4 is 11.2 Å². The van der Waals surface area contributed by atoms with Gasteiger partial charge in [-0.3, -0.25) is 19.1 Å². The van der Waals surface area contributed by atoms with Gasteiger partial charge in [-0.05, 0) is 6.92 Å². The van der Waals surface area contributed by atoms with Gasteiger partial charge < -0.3 is 14.0 Å². The van der Waals surface area contributed by atoms with E-state index >= 15 is 0 Å². The van der Waals surface area contributed by atoms with Crippen LogP contribution in [0, 0.1) is 0 Å². The van der Waals surface area contributed by atoms with Crippen molar-refractivity contribution >= 4 is 28.9 Å². The molecule has 2 aromatic heterocycles. The molecule has 0 spiro atoms. The fourth-order valence-electron chi connectivity index (χ4n) is 2.01. The summed E-state index contributed by atoms with van der Waals surface area (Å²) in [6.45, 7) is 3.19. The first-order valence-electron chi connectivity index (χ1n) is 6.96. The molecule has 0 aliphatic carbocycles. The molecule has 0 fully saturated rings. The molecule has 23 heavy (non-hydrogen) atoms. The number of rotatable bonds is 7. The van der Waals surface area contributed by atoms with Crippen LogP contribution in [0.4, 0.5) is 0 Å². The van der Waals surface area contributed by atoms with Crippen molar-refractivity contribution in [1.29, 1.82) is 0 Å². The number of aromatic amines is 1. The molecular formula is C13H18N4O5S. The normalized spacial score (nSPS) is 11.1. The van der Waals surface area contributed by atoms with Crippen LogP contribution in [-0.2, 0) is 27.9 Å². The number of ether oxygens (including phenoxy) is 2. The second-order valence-electron chi connectivity index (χ2n) is 4.60. The Hall–Kier alpha value is -2.07. The Labute approximate surface area is 135 Å². The summed E-state index contributed by atoms with van der Waals surface area (Å²) >= 11 is 1.14. The molecule has 2 aromatic rings. The second-order valence-corrected chi connectivity index (χ2v) is 5.54. The number of carbonyl (C=O) groups is 1. The summed E-state index contributed by atoms with van der Waals surface area (Å²) in [6.07, 6.45) is 0. The summed E-state index contributed by atoms with van der Waals surface area (Å²) in [4.78, 5) is 41.7. The number of aromatic nitrogens is 4. The SMILES string of the molecule is CCOCCn1c(SCC(=O)OC)nc2c1c(=O)[nH]c(=O)n2C. The minimum atomic E-state index is -0.540. The van der Waals surface area contributed by atoms with Gasteiger partial charge in [0, 0.05) is 20.2 Å². The lowest BCUT2D eigenvalue weighted by atomic mass is 10.5. The van der Waals surface area contributed by atoms with E-state index < -0.39 is 17.2 Å². The molecule has 0 aliphatic heterocycles. The van der Waals surface area contributed by atoms with Crippen LogP contribution in [0.2, 0.25) is 0 Å². The van der Waals surface area contributed by atoms with E-state index in [1.807, 2.05) is 6.92 Å². The van der Waals surface area contributed by atoms with Crippen molar-refractivity contribution in [1.82, 2.24) is 19.1 Å². The van der Waals surface area contributed by atoms with Crippen LogP contribution >= 0.6 is 11.8 Å². The van der Waals surface area contributed by atoms with E-state index in [1.165, 1.54) is 18.7 Å². The van der Waals surface area contributed by atoms with Gasteiger partial charge in [0.2, 0.25) is 0 Å². The quantitative estimate of drug-likeness (QED) is 0.419. The smallest absolute Gasteiger partial charge is 0.329 e. The van der Waals surface area contributed by atoms with Crippen molar-refractivity contribution in [2.75, 3.05) is 26.1 Å². The van der Waals surface area contributed by atoms with E-state index in [0.717, 1.165) is 11.8 Å². The van der Waals surface area contributed by atoms with Gasteiger partial charge in [0.05, 0.1) is 19.5 Å². The van der Waals surface area contributed by atoms with Gasteiger partial charge in [0.15, 0.2) is 16.3 Å². The lowest BCUT2D eigenvalue weighted by Crippen LogP contribution is -2.29. The third-order valence-electron chi connectivity index (χ3n) is 3.18. The Kier molecular flexibility index (Phi) is 5.61. The average Bonchev–Trinajstić information content (AvgIpc) is 2.90. The highest BCUT2D eigenvalue weighted by molar-refractivity contribution is 7.99. The molecule has 1 N–H and O–H groups in total. The lowest BCUT2D eigenvalue weighted by Gasteiger charge is -2.08. The van der Waals surface area contributed by atoms with Crippen molar-refractivity contribution in [3.8, 4) is 0 Å². The van der Waals surface area contributed by atoms with Crippen molar-refractivity contribution in [3.05, 3.63) is 20.8 Å². The minimum Gasteiger partial charge on any atom is -0.468 e. The number of H-pyrrole nitrogens is 1. The van der Waals surface area contributed by atoms with Crippen LogP contribution in [0.3, 0.4) is 0 Å². The van der Waals surface area contributed by atoms with Crippen LogP contribution in [-0.4, -0.2) is 51.1 Å². The zero-order valence-electron chi connectivity index (χ0n) is 13.1. The molecule has 0 saturated carbocycles. The highest BCUT2D eigenvalue weighted by Gasteiger charge is 2.18. The molecule has 0 aliphatic rings. The summed E-state index contributed by atoms with van der Waals surface area (Å²) in [5.41, 5.74) is -0.514. The molecule has 0 atom stereocenters. The maximum absolute atomic E-state index is 12.1. The van der Waals surface area contributed by atoms with Gasteiger partial charge in [0.25, 0.3) is 5.56 Å². The standard InChI is InChI=1S/C13H18N4O5S/c1-4-22-6-5-17-9-10(16(2)12(20)15-11(9)19)14-13(17)23-7-8(18)21-3/h4-7H2,1-3H3,(H,15,19,20). The maximum Gasteiger partial charge on any atom is 0.329 e. The summed E-state index contributed by atoms with van der Waals surface area (Å²) in [5.74, 6) is -0.346. The number of nitrogens with one attached hydrogen (secondary N) is 1. The van der Waals surface area contributed by atoms with Crippen LogP contribution in [0.1, 0.15) is 6.92 Å². The number of imidazole rings is 1. The van der Waals surface area contributed by atoms with Crippen LogP contribution in [0.15, 0.2) is 14.7 Å². The van der Waals surface area contributed by atoms with Gasteiger partial charge in [-0.2, -0.15) is 0 Å². The Morgan fingerprint density at radius 2 is 2.13 bits per heavy atom. The molecular weight excluding hydrogens is 324 g/mol. The highest BCUT2D eigenvalue weighted by atomic mass is 32.2. The summed E-state index contributed by atoms with van der Waals surface area (Å²) in [5, 5.41) is 0.455. The summed E-state index contributed by atoms with van der Waals surface area (Å²) in [7, 11) is 2.82. The predicted octanol–water partition coefficient (Wildman–Crippen LogP) is -0.275. The molecule has 0 saturated heterocycles. The van der Waals surface area contributed by atoms with Gasteiger partial charge in [-0.15, -0.1) is 0 Å². The van der Waals surface area contributed by atoms with Gasteiger partial charge in [-0.1, -0.05) is 11.8 Å². The molecule has 0 unspecified atom stereocenters. The van der Waals surface area contributed by atoms with Gasteiger partial charge in [0.1, 0.15) is 0 Å². The first kappa shape index (κ1) is 17.3. The summed E-state index contributed by atoms with van der Waals surface area (Å²) in [6, 6.07) is 0. The van der Waals surface area contributed by atoms with Crippen LogP contribution in [0.25, 0.3) is 11.2 Å². The molecule has 9 nitrogen and oxygen atoms in total. The predicted molar refractivity (Wildman–Crippen MR) is 84.8 cm³/mol. The molecule has 0 aromatic carbocycles. The molecule has 0 amide bonds. The first-order valence-corrected chi connectivity index (χ1v) is 7.95. The van der Waals surface area contributed by atoms with Crippen molar-refractivity contribution in [3.63, 3.8) is 0 Å². The second kappa shape index (κ2) is 7.47. The van der Waals surface area contributed by atoms with E-state index in [4.69, 9.17) is 4.74 Å². The maximum atomic E-state index is 12.1. The Morgan fingerprint density at radius 3 is 2.78 bits per heavy atom. The Balaban J connectivity index is 2.50. The number of aryl methyl sites for hydroxylation is 1. The molecule has 10 heteroatoms. The molecule has 0 bridgehead atoms. The van der Waals surface area contributed by atoms with Gasteiger partial charge >= 0.3 is 11.7 Å². The van der Waals surface area contributed by atoms with E-state index in [2.05, 4.69) is 14.7 Å². The van der Waals surface area contributed by atoms with Crippen molar-refractivity contribution in [2.24, 2.45) is 7.05 Å². The lowest BCUT2D eigenvalue weighted by molar-refractivity contribution is -0.137. The van der Waals surface area contributed by atoms with E-state index in [-0.39, 0.29) is 16.9 Å². The van der Waals surface area contributed by atoms with Crippen molar-refractivity contribution in [2.45, 2.75) is 18.6 Å². The Morgan fingerprint density at radius 1 is 1.39 bits per heavy atom. The molecule has 0 radical (unpaired) electrons. The topological polar surface area (TPSA) is 108 Å². The molecule has 2 rings (SSSR count). The third kappa shape index (κ3) is 3.64. The number of methoxy groups -OCH3 is 1. The van der Waals surface area contributed by atoms with E-state index in [0.29, 0.717) is 24.9 Å². The average molecular weight is 342 g/mol. The zero-order chi connectivity index (χ0) is 17.0. The van der Waals surface area contributed by atoms with Crippen LogP contribution in [0.5, 0.6) is 0 Å². The number of hydrogen-bond acceptors (Lipinski definition) is 7. The van der Waals surface area contributed by atoms with E-state index in [9.17, 15) is 14.4 Å². The molecule has 2 heterocycles. The number of carbonyl (C=O) groups excluding carboxylic acids is 1. The van der Waals surface area contributed by atoms with E-state index in [1.54, 1.807) is 4.57 Å². The highest BCUT2D eigenvalue weighted by Crippen LogP contribution is 2.21. The largest absolute Gasteiger partial charge is 0.468 e. The number of hydrogen-bond donors (Lipinski definition) is 1. The minimum absolute atomic E-state index is 0.0559. The number of thioether (sulfide) groups is 1. The fourth-order valence-corrected chi connectivity index (χ4v) is 2.87. The summed E-state index contributed by atoms with van der Waals surface area (Å²) < 4.78 is 12.8. The first-order chi connectivity index (χ1) is 11.0. The molecule has 126 valence electrons. The zero-order valence-corrected chi connectivity index (χ0v) is 13.9.